The van der Waals surface area contributed by atoms with E-state index in [1.807, 2.05) is 17.2 Å². The van der Waals surface area contributed by atoms with E-state index in [2.05, 4.69) is 102 Å². The number of nitrogens with zero attached hydrogens (tertiary/aromatic N) is 4. The lowest BCUT2D eigenvalue weighted by Gasteiger charge is -2.72. The van der Waals surface area contributed by atoms with Gasteiger partial charge in [-0.05, 0) is 135 Å². The Bertz CT molecular complexity index is 1970. The fraction of sp³-hybridized carbons (Fsp3) is 0.714. The second-order valence-corrected chi connectivity index (χ2v) is 21.3. The topological polar surface area (TPSA) is 96.8 Å². The summed E-state index contributed by atoms with van der Waals surface area (Å²) in [7, 11) is 4.19. The number of nitrogens with one attached hydrogen (secondary N) is 1. The number of aromatic nitrogens is 2. The number of esters is 1. The molecule has 1 aromatic carbocycles. The molecule has 2 amide bonds. The van der Waals surface area contributed by atoms with E-state index in [4.69, 9.17) is 9.72 Å². The third-order valence-corrected chi connectivity index (χ3v) is 17.6. The molecule has 5 aliphatic carbocycles. The molecule has 5 fully saturated rings. The van der Waals surface area contributed by atoms with Crippen LogP contribution in [-0.4, -0.2) is 76.0 Å². The van der Waals surface area contributed by atoms with Crippen LogP contribution < -0.4 is 5.32 Å². The highest BCUT2D eigenvalue weighted by Crippen LogP contribution is 2.76. The molecule has 316 valence electrons. The van der Waals surface area contributed by atoms with Gasteiger partial charge in [-0.2, -0.15) is 0 Å². The third-order valence-electron chi connectivity index (χ3n) is 17.6. The maximum Gasteiger partial charge on any atom is 0.318 e. The zero-order valence-electron chi connectivity index (χ0n) is 37.2. The van der Waals surface area contributed by atoms with Crippen molar-refractivity contribution in [3.63, 3.8) is 0 Å². The van der Waals surface area contributed by atoms with Crippen molar-refractivity contribution in [2.75, 3.05) is 27.2 Å². The molecule has 9 nitrogen and oxygen atoms in total. The molecule has 9 heteroatoms. The van der Waals surface area contributed by atoms with Crippen LogP contribution in [0.4, 0.5) is 4.79 Å². The number of rotatable bonds is 8. The van der Waals surface area contributed by atoms with Gasteiger partial charge in [-0.3, -0.25) is 9.59 Å². The average molecular weight is 794 g/mol. The Balaban J connectivity index is 1.10. The van der Waals surface area contributed by atoms with Gasteiger partial charge in [-0.15, -0.1) is 0 Å². The SMILES string of the molecule is CC(=O)O[C@H]1CC[C@@]2(C)C(CC[C@]3(C)C2CC[C@@H]2C4=C(C(C)C)C(=O)C[C@]4(NC(=O)N4CCC[C@H]4c4ncc(-c5ccccc5)n4CCN(C)C)CC[C@]23C)C1(C)C. The first-order chi connectivity index (χ1) is 27.4. The maximum atomic E-state index is 15.0. The summed E-state index contributed by atoms with van der Waals surface area (Å²) in [4.78, 5) is 50.8. The molecular formula is C49H71N5O4. The lowest BCUT2D eigenvalue weighted by molar-refractivity contribution is -0.231. The normalized spacial score (nSPS) is 36.7. The molecule has 0 bridgehead atoms. The first-order valence-corrected chi connectivity index (χ1v) is 22.7. The van der Waals surface area contributed by atoms with E-state index in [0.717, 1.165) is 100.0 Å². The number of likely N-dealkylation sites (N-methyl/N-ethyl adjacent to an activating group) is 1. The molecule has 1 saturated heterocycles. The van der Waals surface area contributed by atoms with E-state index in [9.17, 15) is 14.4 Å². The van der Waals surface area contributed by atoms with Gasteiger partial charge in [-0.25, -0.2) is 9.78 Å². The molecule has 2 heterocycles. The molecule has 2 unspecified atom stereocenters. The van der Waals surface area contributed by atoms with Gasteiger partial charge >= 0.3 is 12.0 Å². The Morgan fingerprint density at radius 3 is 2.36 bits per heavy atom. The van der Waals surface area contributed by atoms with Crippen LogP contribution in [0, 0.1) is 45.3 Å². The molecule has 58 heavy (non-hydrogen) atoms. The van der Waals surface area contributed by atoms with Crippen molar-refractivity contribution in [1.82, 2.24) is 24.7 Å². The van der Waals surface area contributed by atoms with Crippen LogP contribution in [0.1, 0.15) is 138 Å². The summed E-state index contributed by atoms with van der Waals surface area (Å²) in [6.45, 7) is 20.7. The molecule has 0 radical (unpaired) electrons. The van der Waals surface area contributed by atoms with Gasteiger partial charge in [-0.1, -0.05) is 78.8 Å². The summed E-state index contributed by atoms with van der Waals surface area (Å²) < 4.78 is 8.32. The monoisotopic (exact) mass is 794 g/mol. The number of imidazole rings is 1. The molecule has 9 atom stereocenters. The maximum absolute atomic E-state index is 15.0. The Labute approximate surface area is 348 Å². The standard InChI is InChI=1S/C49H71N5O4/c1-31(2)41-37(56)29-49(51-44(57)54-26-14-17-35(54)43-50-30-36(33-15-12-11-13-16-33)53(43)28-27-52(9)10)25-24-47(7)34(42(41)49)18-19-39-46(6)22-21-40(58-32(3)55)45(4,5)38(46)20-23-48(39,47)8/h11-13,15-16,30-31,34-35,38-40H,14,17-29H2,1-10H3,(H,51,57)/t34-,35+,38?,39?,40+,46+,47-,48-,49-/m1/s1. The van der Waals surface area contributed by atoms with E-state index in [0.29, 0.717) is 24.8 Å². The summed E-state index contributed by atoms with van der Waals surface area (Å²) >= 11 is 0. The van der Waals surface area contributed by atoms with Crippen molar-refractivity contribution in [2.45, 2.75) is 150 Å². The highest BCUT2D eigenvalue weighted by Gasteiger charge is 2.70. The number of Topliss-reactive ketones (excluding diaryl/α,β-unsaturated/α-hetero) is 1. The number of carbonyl (C=O) groups excluding carboxylic acids is 3. The minimum Gasteiger partial charge on any atom is -0.462 e. The molecule has 1 aliphatic heterocycles. The number of urea groups is 1. The summed E-state index contributed by atoms with van der Waals surface area (Å²) in [5.74, 6) is 2.37. The number of carbonyl (C=O) groups is 3. The number of ketones is 1. The molecule has 0 spiro atoms. The number of likely N-dealkylation sites (tertiary alicyclic amines) is 1. The van der Waals surface area contributed by atoms with Gasteiger partial charge < -0.3 is 24.4 Å². The van der Waals surface area contributed by atoms with Crippen LogP contribution in [0.3, 0.4) is 0 Å². The molecule has 4 saturated carbocycles. The number of benzene rings is 1. The van der Waals surface area contributed by atoms with Gasteiger partial charge in [0.05, 0.1) is 23.5 Å². The van der Waals surface area contributed by atoms with Gasteiger partial charge in [0.1, 0.15) is 11.9 Å². The van der Waals surface area contributed by atoms with Gasteiger partial charge in [0.25, 0.3) is 0 Å². The minimum atomic E-state index is -0.658. The van der Waals surface area contributed by atoms with E-state index in [-0.39, 0.29) is 63.4 Å². The Kier molecular flexibility index (Phi) is 10.4. The second kappa shape index (κ2) is 14.6. The van der Waals surface area contributed by atoms with Crippen molar-refractivity contribution >= 4 is 17.8 Å². The fourth-order valence-electron chi connectivity index (χ4n) is 14.7. The number of fused-ring (bicyclic) bond motifs is 7. The van der Waals surface area contributed by atoms with Crippen molar-refractivity contribution in [2.24, 2.45) is 45.3 Å². The average Bonchev–Trinajstić information content (AvgIpc) is 3.88. The van der Waals surface area contributed by atoms with Gasteiger partial charge in [0.15, 0.2) is 5.78 Å². The summed E-state index contributed by atoms with van der Waals surface area (Å²) in [6, 6.07) is 10.3. The lowest BCUT2D eigenvalue weighted by Crippen LogP contribution is -2.67. The van der Waals surface area contributed by atoms with Crippen LogP contribution >= 0.6 is 0 Å². The summed E-state index contributed by atoms with van der Waals surface area (Å²) in [5, 5.41) is 3.70. The number of allylic oxidation sites excluding steroid dienone is 1. The zero-order chi connectivity index (χ0) is 41.6. The number of hydrogen-bond acceptors (Lipinski definition) is 6. The van der Waals surface area contributed by atoms with Crippen LogP contribution in [0.5, 0.6) is 0 Å². The highest BCUT2D eigenvalue weighted by atomic mass is 16.5. The Morgan fingerprint density at radius 2 is 1.67 bits per heavy atom. The Hall–Kier alpha value is -3.46. The van der Waals surface area contributed by atoms with E-state index >= 15 is 0 Å². The molecule has 2 aromatic rings. The van der Waals surface area contributed by atoms with E-state index < -0.39 is 5.54 Å². The number of ether oxygens (including phenoxy) is 1. The van der Waals surface area contributed by atoms with Crippen molar-refractivity contribution < 1.29 is 19.1 Å². The summed E-state index contributed by atoms with van der Waals surface area (Å²) in [6.07, 6.45) is 12.3. The molecule has 8 rings (SSSR count). The predicted molar refractivity (Wildman–Crippen MR) is 229 cm³/mol. The zero-order valence-corrected chi connectivity index (χ0v) is 37.2. The number of amides is 2. The molecule has 6 aliphatic rings. The minimum absolute atomic E-state index is 0.00367. The second-order valence-electron chi connectivity index (χ2n) is 21.3. The predicted octanol–water partition coefficient (Wildman–Crippen LogP) is 9.62. The van der Waals surface area contributed by atoms with Crippen LogP contribution in [-0.2, 0) is 20.9 Å². The lowest BCUT2D eigenvalue weighted by atomic mass is 9.33. The highest BCUT2D eigenvalue weighted by molar-refractivity contribution is 6.02. The van der Waals surface area contributed by atoms with Crippen LogP contribution in [0.25, 0.3) is 11.3 Å². The van der Waals surface area contributed by atoms with Crippen molar-refractivity contribution in [1.29, 1.82) is 0 Å². The quantitative estimate of drug-likeness (QED) is 0.268. The molecular weight excluding hydrogens is 723 g/mol. The van der Waals surface area contributed by atoms with Gasteiger partial charge in [0, 0.05) is 38.4 Å². The molecule has 1 aromatic heterocycles. The molecule has 1 N–H and O–H groups in total. The largest absolute Gasteiger partial charge is 0.462 e. The van der Waals surface area contributed by atoms with Crippen LogP contribution in [0.15, 0.2) is 47.7 Å². The fourth-order valence-corrected chi connectivity index (χ4v) is 14.7. The van der Waals surface area contributed by atoms with Crippen LogP contribution in [0.2, 0.25) is 0 Å². The first kappa shape index (κ1) is 41.3. The van der Waals surface area contributed by atoms with E-state index in [1.54, 1.807) is 6.92 Å². The number of hydrogen-bond donors (Lipinski definition) is 1. The van der Waals surface area contributed by atoms with Gasteiger partial charge in [0.2, 0.25) is 0 Å². The Morgan fingerprint density at radius 1 is 0.931 bits per heavy atom. The summed E-state index contributed by atoms with van der Waals surface area (Å²) in [5.41, 5.74) is 3.96. The van der Waals surface area contributed by atoms with E-state index in [1.165, 1.54) is 5.57 Å². The smallest absolute Gasteiger partial charge is 0.318 e. The third kappa shape index (κ3) is 6.24. The first-order valence-electron chi connectivity index (χ1n) is 22.7. The van der Waals surface area contributed by atoms with Crippen molar-refractivity contribution in [3.8, 4) is 11.3 Å². The van der Waals surface area contributed by atoms with Crippen molar-refractivity contribution in [3.05, 3.63) is 53.5 Å².